The van der Waals surface area contributed by atoms with Gasteiger partial charge in [0, 0.05) is 25.7 Å². The molecular weight excluding hydrogens is 328 g/mol. The van der Waals surface area contributed by atoms with Crippen molar-refractivity contribution in [2.45, 2.75) is 39.3 Å². The smallest absolute Gasteiger partial charge is 0.317 e. The summed E-state index contributed by atoms with van der Waals surface area (Å²) in [6, 6.07) is 8.13. The highest BCUT2D eigenvalue weighted by molar-refractivity contribution is 7.89. The van der Waals surface area contributed by atoms with E-state index < -0.39 is 16.0 Å². The zero-order chi connectivity index (χ0) is 17.7. The summed E-state index contributed by atoms with van der Waals surface area (Å²) >= 11 is 0. The van der Waals surface area contributed by atoms with Crippen LogP contribution in [0.15, 0.2) is 24.3 Å². The molecule has 1 N–H and O–H groups in total. The molecule has 1 saturated heterocycles. The largest absolute Gasteiger partial charge is 0.480 e. The zero-order valence-corrected chi connectivity index (χ0v) is 15.1. The SMILES string of the molecule is CCS(=O)(=O)N1CCC(N(CC(=O)O)Cc2cccc(C)c2)CC1. The summed E-state index contributed by atoms with van der Waals surface area (Å²) in [5, 5.41) is 9.22. The van der Waals surface area contributed by atoms with Crippen LogP contribution in [0.5, 0.6) is 0 Å². The zero-order valence-electron chi connectivity index (χ0n) is 14.3. The number of aliphatic carboxylic acids is 1. The van der Waals surface area contributed by atoms with Gasteiger partial charge < -0.3 is 5.11 Å². The maximum absolute atomic E-state index is 12.0. The Morgan fingerprint density at radius 3 is 2.54 bits per heavy atom. The summed E-state index contributed by atoms with van der Waals surface area (Å²) < 4.78 is 25.4. The predicted octanol–water partition coefficient (Wildman–Crippen LogP) is 1.70. The molecule has 0 aliphatic carbocycles. The molecule has 0 aromatic heterocycles. The van der Waals surface area contributed by atoms with Gasteiger partial charge in [0.15, 0.2) is 0 Å². The monoisotopic (exact) mass is 354 g/mol. The van der Waals surface area contributed by atoms with Crippen LogP contribution in [0.3, 0.4) is 0 Å². The van der Waals surface area contributed by atoms with Gasteiger partial charge in [0.1, 0.15) is 0 Å². The first-order chi connectivity index (χ1) is 11.3. The van der Waals surface area contributed by atoms with E-state index in [4.69, 9.17) is 0 Å². The fourth-order valence-electron chi connectivity index (χ4n) is 3.20. The van der Waals surface area contributed by atoms with Gasteiger partial charge in [-0.3, -0.25) is 9.69 Å². The van der Waals surface area contributed by atoms with Crippen LogP contribution < -0.4 is 0 Å². The molecule has 1 heterocycles. The molecule has 134 valence electrons. The molecule has 0 unspecified atom stereocenters. The Hall–Kier alpha value is -1.44. The standard InChI is InChI=1S/C17H26N2O4S/c1-3-24(22,23)19-9-7-16(8-10-19)18(13-17(20)21)12-15-6-4-5-14(2)11-15/h4-6,11,16H,3,7-10,12-13H2,1-2H3,(H,20,21). The Bertz CT molecular complexity index is 667. The average molecular weight is 354 g/mol. The Balaban J connectivity index is 2.05. The van der Waals surface area contributed by atoms with Gasteiger partial charge in [-0.15, -0.1) is 0 Å². The first-order valence-electron chi connectivity index (χ1n) is 8.31. The molecular formula is C17H26N2O4S. The Labute approximate surface area is 144 Å². The lowest BCUT2D eigenvalue weighted by atomic mass is 10.0. The van der Waals surface area contributed by atoms with Crippen molar-refractivity contribution < 1.29 is 18.3 Å². The second kappa shape index (κ2) is 8.09. The summed E-state index contributed by atoms with van der Waals surface area (Å²) in [4.78, 5) is 13.2. The fraction of sp³-hybridized carbons (Fsp3) is 0.588. The van der Waals surface area contributed by atoms with Gasteiger partial charge in [0.05, 0.1) is 12.3 Å². The van der Waals surface area contributed by atoms with Gasteiger partial charge in [-0.05, 0) is 32.3 Å². The summed E-state index contributed by atoms with van der Waals surface area (Å²) in [5.74, 6) is -0.744. The van der Waals surface area contributed by atoms with Crippen LogP contribution in [-0.4, -0.2) is 60.1 Å². The Kier molecular flexibility index (Phi) is 6.37. The van der Waals surface area contributed by atoms with Crippen LogP contribution in [0.1, 0.15) is 30.9 Å². The third-order valence-corrected chi connectivity index (χ3v) is 6.39. The molecule has 6 nitrogen and oxygen atoms in total. The molecule has 0 radical (unpaired) electrons. The van der Waals surface area contributed by atoms with Gasteiger partial charge in [-0.2, -0.15) is 0 Å². The Morgan fingerprint density at radius 2 is 2.00 bits per heavy atom. The van der Waals surface area contributed by atoms with Gasteiger partial charge in [-0.1, -0.05) is 29.8 Å². The molecule has 0 atom stereocenters. The lowest BCUT2D eigenvalue weighted by Gasteiger charge is -2.37. The lowest BCUT2D eigenvalue weighted by molar-refractivity contribution is -0.139. The number of carboxylic acids is 1. The van der Waals surface area contributed by atoms with Gasteiger partial charge in [0.25, 0.3) is 0 Å². The number of carboxylic acid groups (broad SMARTS) is 1. The first kappa shape index (κ1) is 18.9. The molecule has 7 heteroatoms. The highest BCUT2D eigenvalue weighted by Gasteiger charge is 2.30. The quantitative estimate of drug-likeness (QED) is 0.806. The fourth-order valence-corrected chi connectivity index (χ4v) is 4.33. The summed E-state index contributed by atoms with van der Waals surface area (Å²) in [6.45, 7) is 5.13. The average Bonchev–Trinajstić information content (AvgIpc) is 2.54. The van der Waals surface area contributed by atoms with Crippen molar-refractivity contribution in [1.82, 2.24) is 9.21 Å². The molecule has 1 fully saturated rings. The maximum Gasteiger partial charge on any atom is 0.317 e. The number of sulfonamides is 1. The summed E-state index contributed by atoms with van der Waals surface area (Å²) in [5.41, 5.74) is 2.23. The molecule has 24 heavy (non-hydrogen) atoms. The van der Waals surface area contributed by atoms with E-state index in [0.717, 1.165) is 11.1 Å². The maximum atomic E-state index is 12.0. The third kappa shape index (κ3) is 5.03. The van der Waals surface area contributed by atoms with Crippen molar-refractivity contribution >= 4 is 16.0 Å². The normalized spacial score (nSPS) is 17.3. The minimum atomic E-state index is -3.16. The number of aryl methyl sites for hydroxylation is 1. The molecule has 0 spiro atoms. The van der Waals surface area contributed by atoms with Crippen LogP contribution in [0.4, 0.5) is 0 Å². The number of piperidine rings is 1. The number of carbonyl (C=O) groups is 1. The second-order valence-electron chi connectivity index (χ2n) is 6.32. The van der Waals surface area contributed by atoms with Crippen molar-refractivity contribution in [1.29, 1.82) is 0 Å². The minimum absolute atomic E-state index is 0.0286. The predicted molar refractivity (Wildman–Crippen MR) is 93.3 cm³/mol. The van der Waals surface area contributed by atoms with E-state index in [1.165, 1.54) is 4.31 Å². The van der Waals surface area contributed by atoms with Crippen LogP contribution >= 0.6 is 0 Å². The molecule has 1 aliphatic heterocycles. The Morgan fingerprint density at radius 1 is 1.33 bits per heavy atom. The van der Waals surface area contributed by atoms with E-state index in [9.17, 15) is 18.3 Å². The topological polar surface area (TPSA) is 77.9 Å². The van der Waals surface area contributed by atoms with Gasteiger partial charge >= 0.3 is 5.97 Å². The number of hydrogen-bond donors (Lipinski definition) is 1. The molecule has 0 amide bonds. The van der Waals surface area contributed by atoms with E-state index in [2.05, 4.69) is 6.07 Å². The van der Waals surface area contributed by atoms with Crippen LogP contribution in [-0.2, 0) is 21.4 Å². The third-order valence-electron chi connectivity index (χ3n) is 4.50. The molecule has 2 rings (SSSR count). The summed E-state index contributed by atoms with van der Waals surface area (Å²) in [7, 11) is -3.16. The molecule has 1 aromatic rings. The highest BCUT2D eigenvalue weighted by atomic mass is 32.2. The lowest BCUT2D eigenvalue weighted by Crippen LogP contribution is -2.48. The van der Waals surface area contributed by atoms with Gasteiger partial charge in [0.2, 0.25) is 10.0 Å². The van der Waals surface area contributed by atoms with Crippen LogP contribution in [0, 0.1) is 6.92 Å². The number of rotatable bonds is 7. The molecule has 0 saturated carbocycles. The van der Waals surface area contributed by atoms with Gasteiger partial charge in [-0.25, -0.2) is 12.7 Å². The first-order valence-corrected chi connectivity index (χ1v) is 9.92. The van der Waals surface area contributed by atoms with Crippen molar-refractivity contribution in [2.24, 2.45) is 0 Å². The van der Waals surface area contributed by atoms with Crippen molar-refractivity contribution in [3.63, 3.8) is 0 Å². The molecule has 0 bridgehead atoms. The van der Waals surface area contributed by atoms with Crippen LogP contribution in [0.2, 0.25) is 0 Å². The molecule has 1 aromatic carbocycles. The number of hydrogen-bond acceptors (Lipinski definition) is 4. The highest BCUT2D eigenvalue weighted by Crippen LogP contribution is 2.21. The summed E-state index contributed by atoms with van der Waals surface area (Å²) in [6.07, 6.45) is 1.33. The van der Waals surface area contributed by atoms with E-state index in [-0.39, 0.29) is 18.3 Å². The van der Waals surface area contributed by atoms with E-state index in [0.29, 0.717) is 32.5 Å². The number of nitrogens with zero attached hydrogens (tertiary/aromatic N) is 2. The van der Waals surface area contributed by atoms with E-state index in [1.54, 1.807) is 6.92 Å². The minimum Gasteiger partial charge on any atom is -0.480 e. The van der Waals surface area contributed by atoms with Crippen molar-refractivity contribution in [3.8, 4) is 0 Å². The van der Waals surface area contributed by atoms with E-state index >= 15 is 0 Å². The van der Waals surface area contributed by atoms with Crippen LogP contribution in [0.25, 0.3) is 0 Å². The van der Waals surface area contributed by atoms with E-state index in [1.807, 2.05) is 30.0 Å². The second-order valence-corrected chi connectivity index (χ2v) is 8.58. The number of benzene rings is 1. The van der Waals surface area contributed by atoms with Crippen molar-refractivity contribution in [2.75, 3.05) is 25.4 Å². The van der Waals surface area contributed by atoms with Crippen molar-refractivity contribution in [3.05, 3.63) is 35.4 Å². The molecule has 1 aliphatic rings.